The summed E-state index contributed by atoms with van der Waals surface area (Å²) in [7, 11) is 0. The molecule has 0 spiro atoms. The number of hydrogen-bond acceptors (Lipinski definition) is 3. The number of ether oxygens (including phenoxy) is 1. The fourth-order valence-corrected chi connectivity index (χ4v) is 4.87. The fraction of sp³-hybridized carbons (Fsp3) is 0.619. The maximum atomic E-state index is 12.8. The molecule has 0 aromatic heterocycles. The van der Waals surface area contributed by atoms with Crippen LogP contribution in [0.4, 0.5) is 4.79 Å². The molecule has 2 unspecified atom stereocenters. The van der Waals surface area contributed by atoms with Crippen molar-refractivity contribution in [3.63, 3.8) is 0 Å². The van der Waals surface area contributed by atoms with Gasteiger partial charge in [-0.05, 0) is 43.1 Å². The zero-order chi connectivity index (χ0) is 17.4. The molecule has 4 atom stereocenters. The quantitative estimate of drug-likeness (QED) is 0.812. The molecule has 2 heterocycles. The Hall–Kier alpha value is -1.84. The topological polar surface area (TPSA) is 46.6 Å². The second-order valence-electron chi connectivity index (χ2n) is 7.97. The van der Waals surface area contributed by atoms with Crippen molar-refractivity contribution in [1.82, 2.24) is 4.90 Å². The van der Waals surface area contributed by atoms with Gasteiger partial charge in [-0.15, -0.1) is 0 Å². The predicted molar refractivity (Wildman–Crippen MR) is 94.8 cm³/mol. The summed E-state index contributed by atoms with van der Waals surface area (Å²) >= 11 is 0. The lowest BCUT2D eigenvalue weighted by atomic mass is 9.64. The number of Topliss-reactive ketones (excluding diaryl/α,β-unsaturated/α-hetero) is 1. The van der Waals surface area contributed by atoms with E-state index in [2.05, 4.69) is 6.92 Å². The molecule has 4 aliphatic rings. The van der Waals surface area contributed by atoms with Crippen LogP contribution in [0.2, 0.25) is 0 Å². The molecular weight excluding hydrogens is 314 g/mol. The summed E-state index contributed by atoms with van der Waals surface area (Å²) in [6.07, 6.45) is 4.99. The van der Waals surface area contributed by atoms with Gasteiger partial charge in [0.1, 0.15) is 12.4 Å². The number of fused-ring (bicyclic) bond motifs is 3. The van der Waals surface area contributed by atoms with E-state index in [0.29, 0.717) is 24.2 Å². The Bertz CT molecular complexity index is 640. The van der Waals surface area contributed by atoms with Crippen molar-refractivity contribution in [2.24, 2.45) is 23.7 Å². The minimum Gasteiger partial charge on any atom is -0.445 e. The average molecular weight is 341 g/mol. The molecule has 1 aromatic rings. The summed E-state index contributed by atoms with van der Waals surface area (Å²) in [5, 5.41) is 0. The lowest BCUT2D eigenvalue weighted by Gasteiger charge is -2.53. The third-order valence-electron chi connectivity index (χ3n) is 6.24. The van der Waals surface area contributed by atoms with E-state index in [-0.39, 0.29) is 24.0 Å². The molecule has 4 nitrogen and oxygen atoms in total. The Morgan fingerprint density at radius 1 is 1.16 bits per heavy atom. The van der Waals surface area contributed by atoms with Crippen LogP contribution in [-0.2, 0) is 16.1 Å². The van der Waals surface area contributed by atoms with Crippen molar-refractivity contribution < 1.29 is 14.3 Å². The number of ketones is 1. The molecule has 4 fully saturated rings. The van der Waals surface area contributed by atoms with Crippen molar-refractivity contribution >= 4 is 11.9 Å². The molecule has 2 saturated heterocycles. The summed E-state index contributed by atoms with van der Waals surface area (Å²) in [5.74, 6) is 1.60. The van der Waals surface area contributed by atoms with Gasteiger partial charge in [0.2, 0.25) is 0 Å². The number of benzene rings is 1. The standard InChI is InChI=1S/C21H27NO3/c1-2-16-10-15-11-18(20(23)17-8-9-17)19(16)22(12-15)21(24)25-13-14-6-4-3-5-7-14/h3-7,15-19H,2,8-13H2,1H3/t15-,16?,18?,19+/m1/s1. The Labute approximate surface area is 149 Å². The van der Waals surface area contributed by atoms with Gasteiger partial charge >= 0.3 is 6.09 Å². The highest BCUT2D eigenvalue weighted by molar-refractivity contribution is 5.87. The number of carbonyl (C=O) groups excluding carboxylic acids is 2. The van der Waals surface area contributed by atoms with Crippen molar-refractivity contribution in [2.75, 3.05) is 6.54 Å². The van der Waals surface area contributed by atoms with Crippen molar-refractivity contribution in [3.05, 3.63) is 35.9 Å². The molecule has 2 aliphatic carbocycles. The van der Waals surface area contributed by atoms with Gasteiger partial charge in [0.25, 0.3) is 0 Å². The first kappa shape index (κ1) is 16.6. The highest BCUT2D eigenvalue weighted by Gasteiger charge is 2.52. The van der Waals surface area contributed by atoms with Crippen LogP contribution in [0.15, 0.2) is 30.3 Å². The molecule has 4 heteroatoms. The molecule has 2 bridgehead atoms. The molecule has 2 aliphatic heterocycles. The lowest BCUT2D eigenvalue weighted by Crippen LogP contribution is -2.61. The number of piperidine rings is 2. The third kappa shape index (κ3) is 3.31. The molecule has 0 N–H and O–H groups in total. The Kier molecular flexibility index (Phi) is 4.53. The van der Waals surface area contributed by atoms with Gasteiger partial charge in [-0.1, -0.05) is 43.7 Å². The number of nitrogens with zero attached hydrogens (tertiary/aromatic N) is 1. The number of rotatable bonds is 5. The van der Waals surface area contributed by atoms with Crippen LogP contribution >= 0.6 is 0 Å². The molecule has 134 valence electrons. The van der Waals surface area contributed by atoms with E-state index in [4.69, 9.17) is 4.74 Å². The molecule has 1 aromatic carbocycles. The van der Waals surface area contributed by atoms with Gasteiger partial charge < -0.3 is 9.64 Å². The van der Waals surface area contributed by atoms with E-state index in [1.807, 2.05) is 35.2 Å². The van der Waals surface area contributed by atoms with Crippen LogP contribution in [0, 0.1) is 23.7 Å². The Balaban J connectivity index is 1.47. The van der Waals surface area contributed by atoms with Gasteiger partial charge in [-0.2, -0.15) is 0 Å². The SMILES string of the molecule is CCC1C[C@@H]2CC(C(=O)C3CC3)[C@H]1N(C(=O)OCc1ccccc1)C2. The van der Waals surface area contributed by atoms with Gasteiger partial charge in [-0.25, -0.2) is 4.79 Å². The predicted octanol–water partition coefficient (Wildman–Crippen LogP) is 4.04. The largest absolute Gasteiger partial charge is 0.445 e. The molecule has 2 saturated carbocycles. The van der Waals surface area contributed by atoms with Crippen molar-refractivity contribution in [1.29, 1.82) is 0 Å². The van der Waals surface area contributed by atoms with Crippen LogP contribution in [0.5, 0.6) is 0 Å². The number of hydrogen-bond donors (Lipinski definition) is 0. The van der Waals surface area contributed by atoms with Crippen LogP contribution in [0.3, 0.4) is 0 Å². The molecule has 25 heavy (non-hydrogen) atoms. The van der Waals surface area contributed by atoms with Gasteiger partial charge in [-0.3, -0.25) is 4.79 Å². The highest BCUT2D eigenvalue weighted by Crippen LogP contribution is 2.47. The number of carbonyl (C=O) groups is 2. The molecule has 1 amide bonds. The highest BCUT2D eigenvalue weighted by atomic mass is 16.6. The van der Waals surface area contributed by atoms with E-state index in [1.165, 1.54) is 0 Å². The van der Waals surface area contributed by atoms with E-state index >= 15 is 0 Å². The van der Waals surface area contributed by atoms with Gasteiger partial charge in [0.15, 0.2) is 0 Å². The second-order valence-corrected chi connectivity index (χ2v) is 7.97. The normalized spacial score (nSPS) is 31.0. The minimum atomic E-state index is -0.245. The Morgan fingerprint density at radius 3 is 2.60 bits per heavy atom. The smallest absolute Gasteiger partial charge is 0.410 e. The summed E-state index contributed by atoms with van der Waals surface area (Å²) in [6, 6.07) is 9.82. The van der Waals surface area contributed by atoms with Crippen molar-refractivity contribution in [2.45, 2.75) is 51.7 Å². The van der Waals surface area contributed by atoms with Crippen molar-refractivity contribution in [3.8, 4) is 0 Å². The maximum absolute atomic E-state index is 12.8. The van der Waals surface area contributed by atoms with E-state index in [9.17, 15) is 9.59 Å². The van der Waals surface area contributed by atoms with Gasteiger partial charge in [0, 0.05) is 24.4 Å². The summed E-state index contributed by atoms with van der Waals surface area (Å²) < 4.78 is 5.59. The maximum Gasteiger partial charge on any atom is 0.410 e. The van der Waals surface area contributed by atoms with E-state index in [0.717, 1.165) is 44.2 Å². The second kappa shape index (κ2) is 6.81. The molecule has 0 radical (unpaired) electrons. The van der Waals surface area contributed by atoms with E-state index in [1.54, 1.807) is 0 Å². The van der Waals surface area contributed by atoms with Crippen LogP contribution in [0.25, 0.3) is 0 Å². The van der Waals surface area contributed by atoms with Gasteiger partial charge in [0.05, 0.1) is 0 Å². The summed E-state index contributed by atoms with van der Waals surface area (Å²) in [5.41, 5.74) is 0.996. The summed E-state index contributed by atoms with van der Waals surface area (Å²) in [6.45, 7) is 3.23. The van der Waals surface area contributed by atoms with Crippen LogP contribution < -0.4 is 0 Å². The number of amides is 1. The molecular formula is C21H27NO3. The Morgan fingerprint density at radius 2 is 1.92 bits per heavy atom. The monoisotopic (exact) mass is 341 g/mol. The zero-order valence-electron chi connectivity index (χ0n) is 14.9. The van der Waals surface area contributed by atoms with Crippen LogP contribution in [-0.4, -0.2) is 29.4 Å². The van der Waals surface area contributed by atoms with Crippen LogP contribution in [0.1, 0.15) is 44.6 Å². The lowest BCUT2D eigenvalue weighted by molar-refractivity contribution is -0.134. The first-order valence-electron chi connectivity index (χ1n) is 9.68. The minimum absolute atomic E-state index is 0.0363. The first-order chi connectivity index (χ1) is 12.2. The zero-order valence-corrected chi connectivity index (χ0v) is 14.9. The average Bonchev–Trinajstić information content (AvgIpc) is 3.51. The summed E-state index contributed by atoms with van der Waals surface area (Å²) in [4.78, 5) is 27.4. The fourth-order valence-electron chi connectivity index (χ4n) is 4.87. The third-order valence-corrected chi connectivity index (χ3v) is 6.24. The van der Waals surface area contributed by atoms with E-state index < -0.39 is 0 Å². The molecule has 5 rings (SSSR count). The first-order valence-corrected chi connectivity index (χ1v) is 9.68.